The second-order valence-electron chi connectivity index (χ2n) is 11.0. The van der Waals surface area contributed by atoms with E-state index in [9.17, 15) is 9.59 Å². The SMILES string of the molecule is COc1ccc(OC)c(C(=O)[C@@H]2[C@H](C(=O)c3ccc(Cl)cc3Cl)N3C=Cc4ccccc4[C@H]3[C@]23C(=O)Nc2ccccc23)c1. The van der Waals surface area contributed by atoms with Gasteiger partial charge >= 0.3 is 0 Å². The Morgan fingerprint density at radius 3 is 2.41 bits per heavy atom. The van der Waals surface area contributed by atoms with Crippen molar-refractivity contribution in [3.8, 4) is 11.5 Å². The van der Waals surface area contributed by atoms with E-state index in [0.29, 0.717) is 27.8 Å². The third kappa shape index (κ3) is 3.92. The Bertz CT molecular complexity index is 1910. The van der Waals surface area contributed by atoms with Crippen molar-refractivity contribution in [1.82, 2.24) is 4.90 Å². The summed E-state index contributed by atoms with van der Waals surface area (Å²) < 4.78 is 11.1. The Morgan fingerprint density at radius 2 is 1.64 bits per heavy atom. The number of nitrogens with zero attached hydrogens (tertiary/aromatic N) is 1. The lowest BCUT2D eigenvalue weighted by Crippen LogP contribution is -2.49. The van der Waals surface area contributed by atoms with Crippen molar-refractivity contribution >= 4 is 52.4 Å². The summed E-state index contributed by atoms with van der Waals surface area (Å²) >= 11 is 12.8. The number of rotatable bonds is 6. The highest BCUT2D eigenvalue weighted by Gasteiger charge is 2.71. The van der Waals surface area contributed by atoms with Crippen LogP contribution in [-0.4, -0.2) is 42.6 Å². The number of ether oxygens (including phenoxy) is 2. The van der Waals surface area contributed by atoms with Gasteiger partial charge in [-0.1, -0.05) is 65.7 Å². The quantitative estimate of drug-likeness (QED) is 0.233. The van der Waals surface area contributed by atoms with Gasteiger partial charge in [0.2, 0.25) is 5.91 Å². The van der Waals surface area contributed by atoms with E-state index < -0.39 is 35.0 Å². The second-order valence-corrected chi connectivity index (χ2v) is 11.8. The number of amides is 1. The Morgan fingerprint density at radius 1 is 0.864 bits per heavy atom. The van der Waals surface area contributed by atoms with E-state index in [1.807, 2.05) is 65.7 Å². The number of ketones is 2. The van der Waals surface area contributed by atoms with Gasteiger partial charge in [0.25, 0.3) is 0 Å². The molecule has 1 saturated heterocycles. The van der Waals surface area contributed by atoms with E-state index in [-0.39, 0.29) is 22.1 Å². The summed E-state index contributed by atoms with van der Waals surface area (Å²) in [5.41, 5.74) is 1.86. The number of hydrogen-bond donors (Lipinski definition) is 1. The van der Waals surface area contributed by atoms with Crippen molar-refractivity contribution in [2.24, 2.45) is 5.92 Å². The maximum absolute atomic E-state index is 15.2. The number of anilines is 1. The van der Waals surface area contributed by atoms with Crippen LogP contribution in [0.15, 0.2) is 91.1 Å². The van der Waals surface area contributed by atoms with Gasteiger partial charge in [0.1, 0.15) is 23.0 Å². The molecular weight excluding hydrogens is 599 g/mol. The van der Waals surface area contributed by atoms with Crippen molar-refractivity contribution in [3.05, 3.63) is 129 Å². The van der Waals surface area contributed by atoms with Crippen LogP contribution < -0.4 is 14.8 Å². The van der Waals surface area contributed by atoms with E-state index in [1.165, 1.54) is 20.3 Å². The van der Waals surface area contributed by atoms with E-state index in [2.05, 4.69) is 5.32 Å². The highest BCUT2D eigenvalue weighted by atomic mass is 35.5. The second kappa shape index (κ2) is 10.5. The summed E-state index contributed by atoms with van der Waals surface area (Å²) in [6.45, 7) is 0. The van der Waals surface area contributed by atoms with Crippen molar-refractivity contribution in [2.45, 2.75) is 17.5 Å². The van der Waals surface area contributed by atoms with Gasteiger partial charge in [0.15, 0.2) is 11.6 Å². The van der Waals surface area contributed by atoms with Crippen LogP contribution >= 0.6 is 23.2 Å². The third-order valence-electron chi connectivity index (χ3n) is 8.99. The summed E-state index contributed by atoms with van der Waals surface area (Å²) in [7, 11) is 2.98. The molecule has 44 heavy (non-hydrogen) atoms. The molecule has 1 N–H and O–H groups in total. The van der Waals surface area contributed by atoms with Crippen LogP contribution in [0.25, 0.3) is 6.08 Å². The maximum atomic E-state index is 15.2. The molecule has 7 rings (SSSR count). The van der Waals surface area contributed by atoms with Crippen LogP contribution in [0.5, 0.6) is 11.5 Å². The van der Waals surface area contributed by atoms with Gasteiger partial charge in [-0.3, -0.25) is 14.4 Å². The Balaban J connectivity index is 1.56. The number of benzene rings is 4. The molecule has 0 radical (unpaired) electrons. The normalized spacial score (nSPS) is 22.7. The minimum atomic E-state index is -1.50. The molecule has 4 aromatic rings. The van der Waals surface area contributed by atoms with Crippen molar-refractivity contribution in [3.63, 3.8) is 0 Å². The molecule has 0 aliphatic carbocycles. The molecule has 3 aliphatic heterocycles. The first-order valence-electron chi connectivity index (χ1n) is 14.0. The molecule has 4 aromatic carbocycles. The number of nitrogens with one attached hydrogen (secondary N) is 1. The lowest BCUT2D eigenvalue weighted by molar-refractivity contribution is -0.122. The highest BCUT2D eigenvalue weighted by molar-refractivity contribution is 6.37. The van der Waals surface area contributed by atoms with E-state index in [4.69, 9.17) is 32.7 Å². The molecule has 3 heterocycles. The fourth-order valence-electron chi connectivity index (χ4n) is 7.19. The number of hydrogen-bond acceptors (Lipinski definition) is 6. The van der Waals surface area contributed by atoms with Crippen molar-refractivity contribution in [2.75, 3.05) is 19.5 Å². The fourth-order valence-corrected chi connectivity index (χ4v) is 7.69. The number of para-hydroxylation sites is 1. The predicted molar refractivity (Wildman–Crippen MR) is 169 cm³/mol. The highest BCUT2D eigenvalue weighted by Crippen LogP contribution is 2.62. The molecule has 9 heteroatoms. The maximum Gasteiger partial charge on any atom is 0.238 e. The molecule has 1 amide bonds. The number of halogens is 2. The molecule has 0 unspecified atom stereocenters. The van der Waals surface area contributed by atoms with Crippen LogP contribution in [0.1, 0.15) is 43.4 Å². The predicted octanol–water partition coefficient (Wildman–Crippen LogP) is 6.99. The van der Waals surface area contributed by atoms with E-state index >= 15 is 4.79 Å². The first kappa shape index (κ1) is 28.2. The molecular formula is C35H26Cl2N2O5. The number of carbonyl (C=O) groups excluding carboxylic acids is 3. The third-order valence-corrected chi connectivity index (χ3v) is 9.54. The Kier molecular flexibility index (Phi) is 6.76. The summed E-state index contributed by atoms with van der Waals surface area (Å²) in [4.78, 5) is 46.5. The van der Waals surface area contributed by atoms with Gasteiger partial charge < -0.3 is 19.7 Å². The van der Waals surface area contributed by atoms with Crippen LogP contribution in [0.2, 0.25) is 10.0 Å². The van der Waals surface area contributed by atoms with Crippen molar-refractivity contribution < 1.29 is 23.9 Å². The van der Waals surface area contributed by atoms with Crippen LogP contribution in [-0.2, 0) is 10.2 Å². The number of fused-ring (bicyclic) bond motifs is 6. The molecule has 0 saturated carbocycles. The van der Waals surface area contributed by atoms with Gasteiger partial charge in [-0.15, -0.1) is 0 Å². The Hall–Kier alpha value is -4.59. The summed E-state index contributed by atoms with van der Waals surface area (Å²) in [5.74, 6) is -1.67. The van der Waals surface area contributed by atoms with Crippen LogP contribution in [0, 0.1) is 5.92 Å². The van der Waals surface area contributed by atoms with Crippen molar-refractivity contribution in [1.29, 1.82) is 0 Å². The lowest BCUT2D eigenvalue weighted by Gasteiger charge is -2.38. The zero-order chi connectivity index (χ0) is 30.7. The summed E-state index contributed by atoms with van der Waals surface area (Å²) in [6, 6.07) is 22.8. The first-order chi connectivity index (χ1) is 21.3. The average molecular weight is 626 g/mol. The molecule has 4 atom stereocenters. The monoisotopic (exact) mass is 624 g/mol. The van der Waals surface area contributed by atoms with Gasteiger partial charge in [0.05, 0.1) is 36.8 Å². The smallest absolute Gasteiger partial charge is 0.238 e. The van der Waals surface area contributed by atoms with Crippen LogP contribution in [0.3, 0.4) is 0 Å². The number of methoxy groups -OCH3 is 2. The molecule has 220 valence electrons. The first-order valence-corrected chi connectivity index (χ1v) is 14.8. The minimum absolute atomic E-state index is 0.155. The van der Waals surface area contributed by atoms with E-state index in [1.54, 1.807) is 30.3 Å². The summed E-state index contributed by atoms with van der Waals surface area (Å²) in [6.07, 6.45) is 3.71. The number of Topliss-reactive ketones (excluding diaryl/α,β-unsaturated/α-hetero) is 2. The largest absolute Gasteiger partial charge is 0.497 e. The van der Waals surface area contributed by atoms with Gasteiger partial charge in [-0.05, 0) is 65.2 Å². The van der Waals surface area contributed by atoms with Gasteiger partial charge in [-0.25, -0.2) is 0 Å². The standard InChI is InChI=1S/C35H26Cl2N2O5/c1-43-21-12-14-28(44-2)24(18-21)31(40)29-30(32(41)23-13-11-20(36)17-26(23)37)39-16-15-19-7-3-4-8-22(19)33(39)35(29)25-9-5-6-10-27(25)38-34(35)42/h3-18,29-30,33H,1-2H3,(H,38,42)/t29-,30+,33-,35+/m0/s1. The molecule has 7 nitrogen and oxygen atoms in total. The average Bonchev–Trinajstić information content (AvgIpc) is 3.52. The Labute approximate surface area is 264 Å². The number of carbonyl (C=O) groups is 3. The fraction of sp³-hybridized carbons (Fsp3) is 0.171. The zero-order valence-corrected chi connectivity index (χ0v) is 25.2. The summed E-state index contributed by atoms with van der Waals surface area (Å²) in [5, 5.41) is 3.57. The van der Waals surface area contributed by atoms with Gasteiger partial charge in [-0.2, -0.15) is 0 Å². The molecule has 1 spiro atoms. The molecule has 1 fully saturated rings. The molecule has 0 aromatic heterocycles. The lowest BCUT2D eigenvalue weighted by atomic mass is 9.62. The topological polar surface area (TPSA) is 84.9 Å². The van der Waals surface area contributed by atoms with Gasteiger partial charge in [0, 0.05) is 22.5 Å². The molecule has 0 bridgehead atoms. The van der Waals surface area contributed by atoms with E-state index in [0.717, 1.165) is 11.1 Å². The molecule has 3 aliphatic rings. The zero-order valence-electron chi connectivity index (χ0n) is 23.7. The minimum Gasteiger partial charge on any atom is -0.497 e. The van der Waals surface area contributed by atoms with Crippen LogP contribution in [0.4, 0.5) is 5.69 Å².